The Labute approximate surface area is 205 Å². The van der Waals surface area contributed by atoms with E-state index in [4.69, 9.17) is 0 Å². The van der Waals surface area contributed by atoms with Gasteiger partial charge in [-0.3, -0.25) is 19.7 Å². The van der Waals surface area contributed by atoms with Gasteiger partial charge < -0.3 is 20.4 Å². The summed E-state index contributed by atoms with van der Waals surface area (Å²) in [4.78, 5) is 28.0. The third kappa shape index (κ3) is 4.80. The van der Waals surface area contributed by atoms with Crippen LogP contribution in [-0.4, -0.2) is 64.6 Å². The predicted molar refractivity (Wildman–Crippen MR) is 135 cm³/mol. The number of aromatic nitrogens is 2. The van der Waals surface area contributed by atoms with Crippen LogP contribution in [0.15, 0.2) is 41.9 Å². The topological polar surface area (TPSA) is 106 Å². The molecule has 1 aromatic heterocycles. The summed E-state index contributed by atoms with van der Waals surface area (Å²) in [6.07, 6.45) is 7.76. The zero-order valence-electron chi connectivity index (χ0n) is 20.4. The Hall–Kier alpha value is -3.62. The van der Waals surface area contributed by atoms with Crippen molar-refractivity contribution in [1.29, 1.82) is 5.41 Å². The molecule has 3 N–H and O–H groups in total. The molecule has 1 aromatic carbocycles. The molecule has 5 rings (SSSR count). The van der Waals surface area contributed by atoms with Gasteiger partial charge in [-0.1, -0.05) is 6.07 Å². The molecule has 0 aliphatic carbocycles. The molecule has 0 radical (unpaired) electrons. The molecule has 1 saturated heterocycles. The van der Waals surface area contributed by atoms with Gasteiger partial charge in [0, 0.05) is 81.2 Å². The highest BCUT2D eigenvalue weighted by molar-refractivity contribution is 6.09. The van der Waals surface area contributed by atoms with Crippen molar-refractivity contribution in [2.45, 2.75) is 45.1 Å². The molecule has 2 amide bonds. The average molecular weight is 476 g/mol. The number of fused-ring (bicyclic) bond motifs is 1. The molecule has 1 atom stereocenters. The molecule has 2 aromatic rings. The molecule has 1 unspecified atom stereocenters. The lowest BCUT2D eigenvalue weighted by atomic mass is 9.95. The highest BCUT2D eigenvalue weighted by Gasteiger charge is 2.30. The van der Waals surface area contributed by atoms with E-state index < -0.39 is 0 Å². The van der Waals surface area contributed by atoms with E-state index in [9.17, 15) is 15.0 Å². The zero-order chi connectivity index (χ0) is 24.5. The van der Waals surface area contributed by atoms with E-state index in [1.807, 2.05) is 19.4 Å². The number of hydrogen-bond acceptors (Lipinski definition) is 5. The second-order valence-corrected chi connectivity index (χ2v) is 9.68. The number of nitrogens with one attached hydrogen (secondary N) is 3. The summed E-state index contributed by atoms with van der Waals surface area (Å²) in [5, 5.41) is 20.0. The van der Waals surface area contributed by atoms with E-state index in [2.05, 4.69) is 38.8 Å². The zero-order valence-corrected chi connectivity index (χ0v) is 20.4. The van der Waals surface area contributed by atoms with Gasteiger partial charge in [-0.2, -0.15) is 5.10 Å². The van der Waals surface area contributed by atoms with Crippen molar-refractivity contribution in [2.24, 2.45) is 7.05 Å². The van der Waals surface area contributed by atoms with Crippen LogP contribution in [0.3, 0.4) is 0 Å². The number of amides is 2. The molecule has 9 heteroatoms. The number of amidine groups is 1. The molecule has 1 fully saturated rings. The normalized spacial score (nSPS) is 20.4. The molecular weight excluding hydrogens is 442 g/mol. The minimum atomic E-state index is 0.0200. The van der Waals surface area contributed by atoms with Gasteiger partial charge in [0.05, 0.1) is 12.7 Å². The van der Waals surface area contributed by atoms with Crippen LogP contribution in [0.25, 0.3) is 11.1 Å². The maximum absolute atomic E-state index is 12.2. The molecule has 9 nitrogen and oxygen atoms in total. The molecule has 3 aliphatic heterocycles. The third-order valence-electron chi connectivity index (χ3n) is 7.21. The standard InChI is InChI=1S/C26H33N7O2/c1-17(34)32-11-8-23(30-21-7-9-28-25(35)13-21)22(16-32)26(27)33-10-3-4-19-12-18(5-6-24(19)33)20-14-29-31(2)15-20/h5-6,12,14-15,21,27,30H,3-4,7-11,13,16H2,1-2H3,(H,28,35). The van der Waals surface area contributed by atoms with E-state index in [0.717, 1.165) is 53.9 Å². The predicted octanol–water partition coefficient (Wildman–Crippen LogP) is 2.19. The Morgan fingerprint density at radius 1 is 1.23 bits per heavy atom. The first-order chi connectivity index (χ1) is 16.9. The van der Waals surface area contributed by atoms with Crippen molar-refractivity contribution in [2.75, 3.05) is 31.1 Å². The average Bonchev–Trinajstić information content (AvgIpc) is 3.29. The Bertz CT molecular complexity index is 1200. The second kappa shape index (κ2) is 9.56. The number of piperidine rings is 1. The SMILES string of the molecule is CC(=O)N1CCC(NC2CCNC(=O)C2)=C(C(=N)N2CCCc3cc(-c4cnn(C)c4)ccc32)C1. The van der Waals surface area contributed by atoms with Crippen LogP contribution in [0, 0.1) is 5.41 Å². The lowest BCUT2D eigenvalue weighted by Gasteiger charge is -2.38. The summed E-state index contributed by atoms with van der Waals surface area (Å²) < 4.78 is 1.80. The summed E-state index contributed by atoms with van der Waals surface area (Å²) in [6.45, 7) is 4.05. The van der Waals surface area contributed by atoms with Crippen LogP contribution >= 0.6 is 0 Å². The van der Waals surface area contributed by atoms with E-state index >= 15 is 0 Å². The van der Waals surface area contributed by atoms with Crippen molar-refractivity contribution >= 4 is 23.3 Å². The smallest absolute Gasteiger partial charge is 0.222 e. The largest absolute Gasteiger partial charge is 0.385 e. The van der Waals surface area contributed by atoms with E-state index in [1.165, 1.54) is 5.56 Å². The van der Waals surface area contributed by atoms with Gasteiger partial charge in [0.25, 0.3) is 0 Å². The molecule has 184 valence electrons. The van der Waals surface area contributed by atoms with Crippen LogP contribution < -0.4 is 15.5 Å². The number of nitrogens with zero attached hydrogens (tertiary/aromatic N) is 4. The maximum Gasteiger partial charge on any atom is 0.222 e. The van der Waals surface area contributed by atoms with Gasteiger partial charge >= 0.3 is 0 Å². The van der Waals surface area contributed by atoms with Gasteiger partial charge in [0.1, 0.15) is 5.84 Å². The Kier molecular flexibility index (Phi) is 6.32. The first-order valence-corrected chi connectivity index (χ1v) is 12.4. The lowest BCUT2D eigenvalue weighted by molar-refractivity contribution is -0.128. The summed E-state index contributed by atoms with van der Waals surface area (Å²) in [5.74, 6) is 0.516. The van der Waals surface area contributed by atoms with Gasteiger partial charge in [-0.15, -0.1) is 0 Å². The van der Waals surface area contributed by atoms with Gasteiger partial charge in [0.2, 0.25) is 11.8 Å². The van der Waals surface area contributed by atoms with Crippen LogP contribution in [0.5, 0.6) is 0 Å². The summed E-state index contributed by atoms with van der Waals surface area (Å²) in [5.41, 5.74) is 6.33. The van der Waals surface area contributed by atoms with Crippen molar-refractivity contribution in [3.8, 4) is 11.1 Å². The van der Waals surface area contributed by atoms with Crippen molar-refractivity contribution in [3.05, 3.63) is 47.4 Å². The Balaban J connectivity index is 1.45. The van der Waals surface area contributed by atoms with Crippen LogP contribution in [0.1, 0.15) is 38.2 Å². The lowest BCUT2D eigenvalue weighted by Crippen LogP contribution is -2.48. The third-order valence-corrected chi connectivity index (χ3v) is 7.21. The Morgan fingerprint density at radius 3 is 2.83 bits per heavy atom. The molecular formula is C26H33N7O2. The van der Waals surface area contributed by atoms with E-state index in [1.54, 1.807) is 16.5 Å². The number of anilines is 1. The quantitative estimate of drug-likeness (QED) is 0.464. The first-order valence-electron chi connectivity index (χ1n) is 12.4. The highest BCUT2D eigenvalue weighted by Crippen LogP contribution is 2.33. The number of aryl methyl sites for hydroxylation is 2. The van der Waals surface area contributed by atoms with Crippen molar-refractivity contribution < 1.29 is 9.59 Å². The number of rotatable bonds is 4. The first kappa shape index (κ1) is 23.1. The van der Waals surface area contributed by atoms with Gasteiger partial charge in [-0.25, -0.2) is 0 Å². The fourth-order valence-electron chi connectivity index (χ4n) is 5.30. The van der Waals surface area contributed by atoms with Crippen LogP contribution in [-0.2, 0) is 23.1 Å². The summed E-state index contributed by atoms with van der Waals surface area (Å²) >= 11 is 0. The van der Waals surface area contributed by atoms with Crippen molar-refractivity contribution in [1.82, 2.24) is 25.3 Å². The minimum Gasteiger partial charge on any atom is -0.385 e. The molecule has 0 bridgehead atoms. The van der Waals surface area contributed by atoms with Crippen LogP contribution in [0.4, 0.5) is 5.69 Å². The highest BCUT2D eigenvalue weighted by atomic mass is 16.2. The molecule has 0 spiro atoms. The van der Waals surface area contributed by atoms with Crippen LogP contribution in [0.2, 0.25) is 0 Å². The number of carbonyl (C=O) groups excluding carboxylic acids is 2. The summed E-state index contributed by atoms with van der Waals surface area (Å²) in [7, 11) is 1.92. The molecule has 35 heavy (non-hydrogen) atoms. The molecule has 4 heterocycles. The number of carbonyl (C=O) groups is 2. The minimum absolute atomic E-state index is 0.0200. The molecule has 3 aliphatic rings. The fraction of sp³-hybridized carbons (Fsp3) is 0.462. The maximum atomic E-state index is 12.2. The van der Waals surface area contributed by atoms with E-state index in [-0.39, 0.29) is 17.9 Å². The fourth-order valence-corrected chi connectivity index (χ4v) is 5.30. The monoisotopic (exact) mass is 475 g/mol. The second-order valence-electron chi connectivity index (χ2n) is 9.68. The van der Waals surface area contributed by atoms with Gasteiger partial charge in [-0.05, 0) is 42.5 Å². The Morgan fingerprint density at radius 2 is 2.09 bits per heavy atom. The summed E-state index contributed by atoms with van der Waals surface area (Å²) in [6, 6.07) is 6.47. The van der Waals surface area contributed by atoms with Gasteiger partial charge in [0.15, 0.2) is 0 Å². The number of benzene rings is 1. The number of hydrogen-bond donors (Lipinski definition) is 3. The van der Waals surface area contributed by atoms with Crippen molar-refractivity contribution in [3.63, 3.8) is 0 Å². The van der Waals surface area contributed by atoms with E-state index in [0.29, 0.717) is 38.3 Å². The molecule has 0 saturated carbocycles.